The molecule has 0 aliphatic carbocycles. The predicted octanol–water partition coefficient (Wildman–Crippen LogP) is 3.84. The molecule has 144 valence electrons. The summed E-state index contributed by atoms with van der Waals surface area (Å²) in [4.78, 5) is 12.4. The number of hydrogen-bond donors (Lipinski definition) is 2. The molecule has 1 aliphatic heterocycles. The molecule has 0 bridgehead atoms. The summed E-state index contributed by atoms with van der Waals surface area (Å²) in [5, 5.41) is 5.91. The number of para-hydroxylation sites is 1. The quantitative estimate of drug-likeness (QED) is 0.790. The van der Waals surface area contributed by atoms with Crippen LogP contribution in [-0.4, -0.2) is 31.8 Å². The van der Waals surface area contributed by atoms with Crippen LogP contribution in [0.2, 0.25) is 5.02 Å². The lowest BCUT2D eigenvalue weighted by Crippen LogP contribution is -2.36. The third-order valence-corrected chi connectivity index (χ3v) is 6.79. The van der Waals surface area contributed by atoms with Crippen molar-refractivity contribution in [3.8, 4) is 0 Å². The molecule has 1 heterocycles. The van der Waals surface area contributed by atoms with Crippen LogP contribution in [0.5, 0.6) is 0 Å². The SMILES string of the molecule is O=C(NCc1ccccc1Cl)Nc1ccccc1S(=O)(=O)N1CCCCC1. The highest BCUT2D eigenvalue weighted by atomic mass is 35.5. The van der Waals surface area contributed by atoms with Gasteiger partial charge in [-0.15, -0.1) is 0 Å². The number of carbonyl (C=O) groups is 1. The van der Waals surface area contributed by atoms with Gasteiger partial charge in [-0.1, -0.05) is 48.4 Å². The molecule has 1 aliphatic rings. The summed E-state index contributed by atoms with van der Waals surface area (Å²) in [6.07, 6.45) is 2.75. The largest absolute Gasteiger partial charge is 0.334 e. The molecule has 0 saturated carbocycles. The summed E-state index contributed by atoms with van der Waals surface area (Å²) in [7, 11) is -3.64. The number of amides is 2. The molecular weight excluding hydrogens is 386 g/mol. The summed E-state index contributed by atoms with van der Waals surface area (Å²) in [5.74, 6) is 0. The van der Waals surface area contributed by atoms with Gasteiger partial charge >= 0.3 is 6.03 Å². The van der Waals surface area contributed by atoms with Crippen LogP contribution in [0.15, 0.2) is 53.4 Å². The number of nitrogens with one attached hydrogen (secondary N) is 2. The van der Waals surface area contributed by atoms with E-state index in [1.54, 1.807) is 24.3 Å². The summed E-state index contributed by atoms with van der Waals surface area (Å²) in [6, 6.07) is 13.2. The van der Waals surface area contributed by atoms with Gasteiger partial charge in [0, 0.05) is 24.7 Å². The van der Waals surface area contributed by atoms with E-state index in [4.69, 9.17) is 11.6 Å². The molecule has 2 N–H and O–H groups in total. The molecule has 27 heavy (non-hydrogen) atoms. The van der Waals surface area contributed by atoms with E-state index in [0.29, 0.717) is 18.1 Å². The Hall–Kier alpha value is -2.09. The lowest BCUT2D eigenvalue weighted by molar-refractivity contribution is 0.251. The zero-order chi connectivity index (χ0) is 19.3. The Labute approximate surface area is 164 Å². The van der Waals surface area contributed by atoms with Gasteiger partial charge in [0.1, 0.15) is 4.90 Å². The van der Waals surface area contributed by atoms with E-state index in [2.05, 4.69) is 10.6 Å². The second kappa shape index (κ2) is 8.73. The predicted molar refractivity (Wildman–Crippen MR) is 106 cm³/mol. The number of halogens is 1. The first kappa shape index (κ1) is 19.7. The van der Waals surface area contributed by atoms with Crippen LogP contribution in [0.25, 0.3) is 0 Å². The number of nitrogens with zero attached hydrogens (tertiary/aromatic N) is 1. The Bertz CT molecular complexity index is 912. The highest BCUT2D eigenvalue weighted by Crippen LogP contribution is 2.26. The van der Waals surface area contributed by atoms with Gasteiger partial charge in [0.2, 0.25) is 10.0 Å². The van der Waals surface area contributed by atoms with Gasteiger partial charge in [0.05, 0.1) is 5.69 Å². The summed E-state index contributed by atoms with van der Waals surface area (Å²) in [5.41, 5.74) is 1.04. The molecule has 8 heteroatoms. The van der Waals surface area contributed by atoms with Crippen molar-refractivity contribution in [2.24, 2.45) is 0 Å². The average Bonchev–Trinajstić information content (AvgIpc) is 2.68. The third kappa shape index (κ3) is 4.80. The highest BCUT2D eigenvalue weighted by Gasteiger charge is 2.28. The molecule has 1 fully saturated rings. The van der Waals surface area contributed by atoms with Crippen molar-refractivity contribution < 1.29 is 13.2 Å². The zero-order valence-corrected chi connectivity index (χ0v) is 16.4. The number of piperidine rings is 1. The van der Waals surface area contributed by atoms with Gasteiger partial charge in [0.15, 0.2) is 0 Å². The van der Waals surface area contributed by atoms with Crippen molar-refractivity contribution in [2.75, 3.05) is 18.4 Å². The molecule has 2 aromatic rings. The van der Waals surface area contributed by atoms with Crippen molar-refractivity contribution in [2.45, 2.75) is 30.7 Å². The van der Waals surface area contributed by atoms with Crippen LogP contribution in [0, 0.1) is 0 Å². The number of benzene rings is 2. The normalized spacial score (nSPS) is 15.3. The molecule has 2 amide bonds. The molecular formula is C19H22ClN3O3S. The number of urea groups is 1. The molecule has 0 aromatic heterocycles. The van der Waals surface area contributed by atoms with Gasteiger partial charge < -0.3 is 10.6 Å². The van der Waals surface area contributed by atoms with Crippen molar-refractivity contribution in [1.29, 1.82) is 0 Å². The maximum atomic E-state index is 13.0. The zero-order valence-electron chi connectivity index (χ0n) is 14.8. The number of carbonyl (C=O) groups excluding carboxylic acids is 1. The minimum Gasteiger partial charge on any atom is -0.334 e. The Kier molecular flexibility index (Phi) is 6.36. The van der Waals surface area contributed by atoms with E-state index in [9.17, 15) is 13.2 Å². The van der Waals surface area contributed by atoms with E-state index < -0.39 is 16.1 Å². The van der Waals surface area contributed by atoms with E-state index in [-0.39, 0.29) is 17.1 Å². The number of rotatable bonds is 5. The molecule has 0 spiro atoms. The van der Waals surface area contributed by atoms with Crippen molar-refractivity contribution >= 4 is 33.3 Å². The van der Waals surface area contributed by atoms with Gasteiger partial charge in [0.25, 0.3) is 0 Å². The Morgan fingerprint density at radius 3 is 2.41 bits per heavy atom. The van der Waals surface area contributed by atoms with E-state index in [0.717, 1.165) is 24.8 Å². The number of hydrogen-bond acceptors (Lipinski definition) is 3. The van der Waals surface area contributed by atoms with Crippen molar-refractivity contribution in [3.63, 3.8) is 0 Å². The maximum Gasteiger partial charge on any atom is 0.319 e. The lowest BCUT2D eigenvalue weighted by Gasteiger charge is -2.26. The Morgan fingerprint density at radius 1 is 1.00 bits per heavy atom. The van der Waals surface area contributed by atoms with E-state index >= 15 is 0 Å². The second-order valence-corrected chi connectivity index (χ2v) is 8.67. The van der Waals surface area contributed by atoms with Gasteiger partial charge in [-0.25, -0.2) is 13.2 Å². The van der Waals surface area contributed by atoms with Crippen LogP contribution in [0.1, 0.15) is 24.8 Å². The topological polar surface area (TPSA) is 78.5 Å². The third-order valence-electron chi connectivity index (χ3n) is 4.47. The van der Waals surface area contributed by atoms with Gasteiger partial charge in [-0.2, -0.15) is 4.31 Å². The van der Waals surface area contributed by atoms with Crippen molar-refractivity contribution in [1.82, 2.24) is 9.62 Å². The first-order valence-electron chi connectivity index (χ1n) is 8.86. The van der Waals surface area contributed by atoms with Gasteiger partial charge in [-0.05, 0) is 36.6 Å². The van der Waals surface area contributed by atoms with Crippen molar-refractivity contribution in [3.05, 3.63) is 59.1 Å². The summed E-state index contributed by atoms with van der Waals surface area (Å²) >= 11 is 6.08. The van der Waals surface area contributed by atoms with Crippen LogP contribution in [0.3, 0.4) is 0 Å². The summed E-state index contributed by atoms with van der Waals surface area (Å²) < 4.78 is 27.4. The number of anilines is 1. The summed E-state index contributed by atoms with van der Waals surface area (Å²) in [6.45, 7) is 1.26. The minimum absolute atomic E-state index is 0.111. The average molecular weight is 408 g/mol. The molecule has 1 saturated heterocycles. The van der Waals surface area contributed by atoms with E-state index in [1.165, 1.54) is 10.4 Å². The number of sulfonamides is 1. The molecule has 0 radical (unpaired) electrons. The van der Waals surface area contributed by atoms with Crippen LogP contribution < -0.4 is 10.6 Å². The lowest BCUT2D eigenvalue weighted by atomic mass is 10.2. The molecule has 0 atom stereocenters. The Balaban J connectivity index is 1.72. The molecule has 6 nitrogen and oxygen atoms in total. The van der Waals surface area contributed by atoms with Crippen LogP contribution in [-0.2, 0) is 16.6 Å². The van der Waals surface area contributed by atoms with Gasteiger partial charge in [-0.3, -0.25) is 0 Å². The fourth-order valence-corrected chi connectivity index (χ4v) is 4.89. The first-order chi connectivity index (χ1) is 13.0. The minimum atomic E-state index is -3.64. The monoisotopic (exact) mass is 407 g/mol. The molecule has 3 rings (SSSR count). The standard InChI is InChI=1S/C19H22ClN3O3S/c20-16-9-3-2-8-15(16)14-21-19(24)22-17-10-4-5-11-18(17)27(25,26)23-12-6-1-7-13-23/h2-5,8-11H,1,6-7,12-14H2,(H2,21,22,24). The Morgan fingerprint density at radius 2 is 1.67 bits per heavy atom. The first-order valence-corrected chi connectivity index (χ1v) is 10.7. The fourth-order valence-electron chi connectivity index (χ4n) is 3.02. The maximum absolute atomic E-state index is 13.0. The highest BCUT2D eigenvalue weighted by molar-refractivity contribution is 7.89. The van der Waals surface area contributed by atoms with E-state index in [1.807, 2.05) is 18.2 Å². The smallest absolute Gasteiger partial charge is 0.319 e. The molecule has 2 aromatic carbocycles. The fraction of sp³-hybridized carbons (Fsp3) is 0.316. The second-order valence-electron chi connectivity index (χ2n) is 6.36. The van der Waals surface area contributed by atoms with Crippen LogP contribution in [0.4, 0.5) is 10.5 Å². The molecule has 0 unspecified atom stereocenters. The van der Waals surface area contributed by atoms with Crippen LogP contribution >= 0.6 is 11.6 Å².